The topological polar surface area (TPSA) is 180 Å². The zero-order valence-corrected chi connectivity index (χ0v) is 23.1. The van der Waals surface area contributed by atoms with Crippen LogP contribution in [0.2, 0.25) is 0 Å². The van der Waals surface area contributed by atoms with Crippen molar-refractivity contribution in [2.75, 3.05) is 0 Å². The maximum Gasteiger partial charge on any atom is 0.306 e. The summed E-state index contributed by atoms with van der Waals surface area (Å²) >= 11 is 0. The molecule has 4 aliphatic rings. The van der Waals surface area contributed by atoms with Gasteiger partial charge < -0.3 is 39.7 Å². The van der Waals surface area contributed by atoms with Crippen LogP contribution in [0.25, 0.3) is 0 Å². The van der Waals surface area contributed by atoms with Crippen molar-refractivity contribution in [3.05, 3.63) is 0 Å². The number of carbonyl (C=O) groups is 3. The van der Waals surface area contributed by atoms with Crippen LogP contribution in [0, 0.1) is 28.6 Å². The summed E-state index contributed by atoms with van der Waals surface area (Å²) in [6.07, 6.45) is -7.16. The molecule has 12 unspecified atom stereocenters. The number of esters is 3. The third kappa shape index (κ3) is 3.47. The van der Waals surface area contributed by atoms with Crippen LogP contribution < -0.4 is 0 Å². The Morgan fingerprint density at radius 3 is 1.87 bits per heavy atom. The molecule has 0 heterocycles. The van der Waals surface area contributed by atoms with Gasteiger partial charge in [0.1, 0.15) is 11.7 Å². The van der Waals surface area contributed by atoms with Crippen molar-refractivity contribution in [2.24, 2.45) is 28.6 Å². The molecule has 4 aliphatic carbocycles. The predicted octanol–water partition coefficient (Wildman–Crippen LogP) is 0.212. The van der Waals surface area contributed by atoms with Crippen molar-refractivity contribution in [3.63, 3.8) is 0 Å². The van der Waals surface area contributed by atoms with Crippen molar-refractivity contribution >= 4 is 17.9 Å². The van der Waals surface area contributed by atoms with E-state index in [4.69, 9.17) is 14.2 Å². The molecule has 0 amide bonds. The zero-order valence-electron chi connectivity index (χ0n) is 23.1. The lowest BCUT2D eigenvalue weighted by Crippen LogP contribution is -2.68. The monoisotopic (exact) mass is 542 g/mol. The van der Waals surface area contributed by atoms with Gasteiger partial charge in [0.15, 0.2) is 12.2 Å². The van der Waals surface area contributed by atoms with Crippen LogP contribution in [0.3, 0.4) is 0 Å². The third-order valence-electron chi connectivity index (χ3n) is 10.6. The number of carbonyl (C=O) groups excluding carboxylic acids is 3. The largest absolute Gasteiger partial charge is 0.461 e. The molecule has 4 rings (SSSR count). The molecule has 11 nitrogen and oxygen atoms in total. The molecule has 5 N–H and O–H groups in total. The summed E-state index contributed by atoms with van der Waals surface area (Å²) < 4.78 is 17.5. The molecule has 4 saturated carbocycles. The number of aliphatic hydroxyl groups excluding tert-OH is 2. The Bertz CT molecular complexity index is 1000. The highest BCUT2D eigenvalue weighted by atomic mass is 16.6. The van der Waals surface area contributed by atoms with Gasteiger partial charge in [0.05, 0.1) is 28.8 Å². The molecule has 0 radical (unpaired) electrons. The number of hydrogen-bond acceptors (Lipinski definition) is 11. The Kier molecular flexibility index (Phi) is 6.81. The number of ether oxygens (including phenoxy) is 3. The van der Waals surface area contributed by atoms with Gasteiger partial charge in [0.25, 0.3) is 0 Å². The molecule has 0 aliphatic heterocycles. The van der Waals surface area contributed by atoms with Crippen molar-refractivity contribution in [1.29, 1.82) is 0 Å². The fourth-order valence-corrected chi connectivity index (χ4v) is 8.74. The third-order valence-corrected chi connectivity index (χ3v) is 10.6. The van der Waals surface area contributed by atoms with Crippen LogP contribution in [0.1, 0.15) is 74.1 Å². The fourth-order valence-electron chi connectivity index (χ4n) is 8.74. The molecule has 0 aromatic heterocycles. The lowest BCUT2D eigenvalue weighted by atomic mass is 9.56. The normalized spacial score (nSPS) is 50.8. The van der Waals surface area contributed by atoms with Gasteiger partial charge in [-0.2, -0.15) is 0 Å². The maximum absolute atomic E-state index is 12.8. The van der Waals surface area contributed by atoms with E-state index >= 15 is 0 Å². The van der Waals surface area contributed by atoms with Gasteiger partial charge in [0.2, 0.25) is 0 Å². The van der Waals surface area contributed by atoms with Gasteiger partial charge in [0, 0.05) is 43.4 Å². The van der Waals surface area contributed by atoms with Crippen molar-refractivity contribution in [3.8, 4) is 0 Å². The van der Waals surface area contributed by atoms with Crippen molar-refractivity contribution in [1.82, 2.24) is 0 Å². The smallest absolute Gasteiger partial charge is 0.306 e. The van der Waals surface area contributed by atoms with Crippen LogP contribution in [0.4, 0.5) is 0 Å². The van der Waals surface area contributed by atoms with Crippen LogP contribution in [0.5, 0.6) is 0 Å². The number of hydrogen-bond donors (Lipinski definition) is 5. The van der Waals surface area contributed by atoms with Gasteiger partial charge in [-0.1, -0.05) is 20.8 Å². The lowest BCUT2D eigenvalue weighted by Gasteiger charge is -2.54. The fraction of sp³-hybridized carbons (Fsp3) is 0.889. The van der Waals surface area contributed by atoms with Crippen LogP contribution in [0.15, 0.2) is 0 Å². The molecule has 2 bridgehead atoms. The second kappa shape index (κ2) is 8.86. The maximum atomic E-state index is 12.8. The van der Waals surface area contributed by atoms with E-state index in [1.165, 1.54) is 20.8 Å². The van der Waals surface area contributed by atoms with Crippen molar-refractivity contribution in [2.45, 2.75) is 121 Å². The summed E-state index contributed by atoms with van der Waals surface area (Å²) in [5, 5.41) is 59.7. The molecule has 0 aromatic rings. The Labute approximate surface area is 222 Å². The minimum atomic E-state index is -2.16. The van der Waals surface area contributed by atoms with Gasteiger partial charge in [-0.05, 0) is 33.1 Å². The molecular weight excluding hydrogens is 500 g/mol. The average molecular weight is 543 g/mol. The molecule has 1 spiro atoms. The van der Waals surface area contributed by atoms with E-state index in [1.807, 2.05) is 0 Å². The lowest BCUT2D eigenvalue weighted by molar-refractivity contribution is -0.254. The van der Waals surface area contributed by atoms with Crippen LogP contribution in [-0.2, 0) is 28.6 Å². The molecule has 11 heteroatoms. The van der Waals surface area contributed by atoms with Gasteiger partial charge in [-0.25, -0.2) is 0 Å². The summed E-state index contributed by atoms with van der Waals surface area (Å²) in [6, 6.07) is 0. The van der Waals surface area contributed by atoms with E-state index in [-0.39, 0.29) is 25.7 Å². The number of aliphatic hydroxyl groups is 5. The first kappa shape index (κ1) is 29.2. The highest BCUT2D eigenvalue weighted by Gasteiger charge is 2.84. The minimum Gasteiger partial charge on any atom is -0.461 e. The Balaban J connectivity index is 2.13. The summed E-state index contributed by atoms with van der Waals surface area (Å²) in [5.41, 5.74) is -9.12. The molecule has 0 aromatic carbocycles. The molecule has 0 saturated heterocycles. The van der Waals surface area contributed by atoms with Crippen LogP contribution in [-0.4, -0.2) is 90.8 Å². The predicted molar refractivity (Wildman–Crippen MR) is 130 cm³/mol. The van der Waals surface area contributed by atoms with Gasteiger partial charge in [-0.3, -0.25) is 14.4 Å². The van der Waals surface area contributed by atoms with Crippen molar-refractivity contribution < 1.29 is 54.1 Å². The number of rotatable bonds is 4. The second-order valence-corrected chi connectivity index (χ2v) is 12.8. The van der Waals surface area contributed by atoms with E-state index < -0.39 is 93.8 Å². The minimum absolute atomic E-state index is 0.0792. The standard InChI is InChI=1S/C27H42O11/c1-8-18(31)38-21-20(37-13(3)29)26-15(25(7,34)16-11-17(30)23(4,5)27(16,21)35)10-9-14(19(26)36-12(2)28)24(6,33)22(26)32/h14-17,19-22,30,32-35H,8-11H2,1-7H3. The van der Waals surface area contributed by atoms with E-state index in [2.05, 4.69) is 0 Å². The molecule has 38 heavy (non-hydrogen) atoms. The summed E-state index contributed by atoms with van der Waals surface area (Å²) in [6.45, 7) is 9.86. The zero-order chi connectivity index (χ0) is 28.8. The van der Waals surface area contributed by atoms with Gasteiger partial charge in [-0.15, -0.1) is 0 Å². The molecule has 12 atom stereocenters. The summed E-state index contributed by atoms with van der Waals surface area (Å²) in [5.74, 6) is -5.22. The number of fused-ring (bicyclic) bond motifs is 2. The quantitative estimate of drug-likeness (QED) is 0.242. The second-order valence-electron chi connectivity index (χ2n) is 12.8. The van der Waals surface area contributed by atoms with Gasteiger partial charge >= 0.3 is 17.9 Å². The molecule has 4 fully saturated rings. The Morgan fingerprint density at radius 1 is 0.789 bits per heavy atom. The SMILES string of the molecule is CCC(=O)OC1C(OC(C)=O)C23C(OC(C)=O)C(CCC2C(C)(O)C2CC(O)C(C)(C)C12O)C(C)(O)C3O. The van der Waals surface area contributed by atoms with E-state index in [1.54, 1.807) is 20.8 Å². The van der Waals surface area contributed by atoms with E-state index in [0.717, 1.165) is 6.92 Å². The average Bonchev–Trinajstić information content (AvgIpc) is 3.02. The van der Waals surface area contributed by atoms with E-state index in [9.17, 15) is 39.9 Å². The highest BCUT2D eigenvalue weighted by Crippen LogP contribution is 2.71. The summed E-state index contributed by atoms with van der Waals surface area (Å²) in [7, 11) is 0. The highest BCUT2D eigenvalue weighted by molar-refractivity contribution is 5.70. The Morgan fingerprint density at radius 2 is 1.34 bits per heavy atom. The molecular formula is C27H42O11. The first-order chi connectivity index (χ1) is 17.3. The first-order valence-corrected chi connectivity index (χ1v) is 13.4. The van der Waals surface area contributed by atoms with Crippen LogP contribution >= 0.6 is 0 Å². The molecule has 216 valence electrons. The first-order valence-electron chi connectivity index (χ1n) is 13.4. The Hall–Kier alpha value is -1.79. The van der Waals surface area contributed by atoms with E-state index in [0.29, 0.717) is 0 Å². The summed E-state index contributed by atoms with van der Waals surface area (Å²) in [4.78, 5) is 37.9.